The van der Waals surface area contributed by atoms with E-state index in [1.165, 1.54) is 26.7 Å². The molecular weight excluding hydrogens is 440 g/mol. The maximum absolute atomic E-state index is 3.69. The normalized spacial score (nSPS) is 11.5. The summed E-state index contributed by atoms with van der Waals surface area (Å²) in [6.07, 6.45) is 0. The molecule has 0 N–H and O–H groups in total. The van der Waals surface area contributed by atoms with Crippen LogP contribution in [0.4, 0.5) is 0 Å². The fourth-order valence-electron chi connectivity index (χ4n) is 3.32. The summed E-state index contributed by atoms with van der Waals surface area (Å²) in [4.78, 5) is 0. The van der Waals surface area contributed by atoms with Gasteiger partial charge in [-0.15, -0.1) is 0 Å². The third kappa shape index (κ3) is 3.44. The lowest BCUT2D eigenvalue weighted by Gasteiger charge is -2.30. The molecule has 0 aromatic heterocycles. The second kappa shape index (κ2) is 6.99. The van der Waals surface area contributed by atoms with Crippen LogP contribution in [-0.4, -0.2) is 8.07 Å². The minimum Gasteiger partial charge on any atom is -0.0624 e. The van der Waals surface area contributed by atoms with E-state index < -0.39 is 8.07 Å². The van der Waals surface area contributed by atoms with E-state index in [0.717, 1.165) is 8.95 Å². The van der Waals surface area contributed by atoms with Crippen molar-refractivity contribution in [2.45, 2.75) is 20.4 Å². The summed E-state index contributed by atoms with van der Waals surface area (Å²) in [5.41, 5.74) is 2.58. The molecule has 0 saturated carbocycles. The largest absolute Gasteiger partial charge is 0.145 e. The van der Waals surface area contributed by atoms with E-state index in [0.29, 0.717) is 0 Å². The molecule has 3 rings (SSSR count). The van der Waals surface area contributed by atoms with Crippen molar-refractivity contribution in [1.29, 1.82) is 0 Å². The Morgan fingerprint density at radius 1 is 0.625 bits per heavy atom. The summed E-state index contributed by atoms with van der Waals surface area (Å²) in [5.74, 6) is 0. The van der Waals surface area contributed by atoms with Crippen molar-refractivity contribution in [3.05, 3.63) is 86.8 Å². The predicted molar refractivity (Wildman–Crippen MR) is 115 cm³/mol. The molecule has 0 spiro atoms. The molecule has 0 radical (unpaired) electrons. The highest BCUT2D eigenvalue weighted by molar-refractivity contribution is 9.10. The van der Waals surface area contributed by atoms with E-state index in [9.17, 15) is 0 Å². The van der Waals surface area contributed by atoms with Crippen LogP contribution >= 0.6 is 31.9 Å². The van der Waals surface area contributed by atoms with E-state index >= 15 is 0 Å². The van der Waals surface area contributed by atoms with E-state index in [-0.39, 0.29) is 0 Å². The summed E-state index contributed by atoms with van der Waals surface area (Å²) in [5, 5.41) is 4.29. The van der Waals surface area contributed by atoms with Crippen molar-refractivity contribution >= 4 is 55.5 Å². The van der Waals surface area contributed by atoms with Crippen LogP contribution in [0.3, 0.4) is 0 Å². The fourth-order valence-corrected chi connectivity index (χ4v) is 8.74. The van der Waals surface area contributed by atoms with E-state index in [2.05, 4.69) is 119 Å². The average Bonchev–Trinajstić information content (AvgIpc) is 2.53. The van der Waals surface area contributed by atoms with Crippen molar-refractivity contribution in [2.75, 3.05) is 0 Å². The Bertz CT molecular complexity index is 780. The van der Waals surface area contributed by atoms with Gasteiger partial charge in [-0.3, -0.25) is 0 Å². The van der Waals surface area contributed by atoms with Gasteiger partial charge in [0.2, 0.25) is 0 Å². The Balaban J connectivity index is 2.33. The summed E-state index contributed by atoms with van der Waals surface area (Å²) in [7, 11) is -2.06. The quantitative estimate of drug-likeness (QED) is 0.384. The number of hydrogen-bond acceptors (Lipinski definition) is 0. The lowest BCUT2D eigenvalue weighted by molar-refractivity contribution is 1.45. The van der Waals surface area contributed by atoms with Crippen LogP contribution in [0.1, 0.15) is 11.1 Å². The van der Waals surface area contributed by atoms with Crippen LogP contribution in [0.25, 0.3) is 0 Å². The zero-order chi connectivity index (χ0) is 17.3. The topological polar surface area (TPSA) is 0 Å². The molecular formula is C21H20Br2Si. The Labute approximate surface area is 162 Å². The molecule has 0 aliphatic carbocycles. The van der Waals surface area contributed by atoms with Gasteiger partial charge in [0.1, 0.15) is 8.07 Å². The second-order valence-electron chi connectivity index (χ2n) is 6.53. The van der Waals surface area contributed by atoms with Crippen LogP contribution in [0.5, 0.6) is 0 Å². The molecule has 0 heterocycles. The van der Waals surface area contributed by atoms with Gasteiger partial charge in [-0.05, 0) is 53.7 Å². The third-order valence-corrected chi connectivity index (χ3v) is 9.88. The van der Waals surface area contributed by atoms with Gasteiger partial charge in [0, 0.05) is 8.95 Å². The first-order valence-corrected chi connectivity index (χ1v) is 12.1. The van der Waals surface area contributed by atoms with Crippen molar-refractivity contribution in [3.63, 3.8) is 0 Å². The summed E-state index contributed by atoms with van der Waals surface area (Å²) in [6.45, 7) is 6.78. The first-order chi connectivity index (χ1) is 11.4. The molecule has 3 heteroatoms. The highest BCUT2D eigenvalue weighted by Crippen LogP contribution is 2.17. The maximum Gasteiger partial charge on any atom is 0.145 e. The molecule has 0 fully saturated rings. The number of aryl methyl sites for hydroxylation is 2. The fraction of sp³-hybridized carbons (Fsp3) is 0.143. The highest BCUT2D eigenvalue weighted by atomic mass is 79.9. The standard InChI is InChI=1S/C21H20Br2Si/c1-15-9-17(22)13-20(11-15)24(3,19-7-5-4-6-8-19)21-12-16(2)10-18(23)14-21/h4-14H,1-3H3. The van der Waals surface area contributed by atoms with Crippen LogP contribution in [-0.2, 0) is 0 Å². The monoisotopic (exact) mass is 458 g/mol. The second-order valence-corrected chi connectivity index (χ2v) is 12.3. The van der Waals surface area contributed by atoms with Gasteiger partial charge in [-0.2, -0.15) is 0 Å². The summed E-state index contributed by atoms with van der Waals surface area (Å²) < 4.78 is 2.30. The zero-order valence-electron chi connectivity index (χ0n) is 14.1. The van der Waals surface area contributed by atoms with Gasteiger partial charge < -0.3 is 0 Å². The first kappa shape index (κ1) is 17.7. The summed E-state index contributed by atoms with van der Waals surface area (Å²) >= 11 is 7.38. The molecule has 0 amide bonds. The van der Waals surface area contributed by atoms with Gasteiger partial charge in [0.25, 0.3) is 0 Å². The van der Waals surface area contributed by atoms with Gasteiger partial charge in [0.05, 0.1) is 0 Å². The van der Waals surface area contributed by atoms with Gasteiger partial charge >= 0.3 is 0 Å². The summed E-state index contributed by atoms with van der Waals surface area (Å²) in [6, 6.07) is 24.6. The minimum atomic E-state index is -2.06. The molecule has 0 aliphatic rings. The number of halogens is 2. The SMILES string of the molecule is Cc1cc(Br)cc([Si](C)(c2ccccc2)c2cc(C)cc(Br)c2)c1. The molecule has 3 aromatic carbocycles. The molecule has 0 unspecified atom stereocenters. The number of benzene rings is 3. The van der Waals surface area contributed by atoms with Crippen LogP contribution < -0.4 is 15.6 Å². The van der Waals surface area contributed by atoms with E-state index in [4.69, 9.17) is 0 Å². The van der Waals surface area contributed by atoms with E-state index in [1.807, 2.05) is 0 Å². The molecule has 0 nitrogen and oxygen atoms in total. The van der Waals surface area contributed by atoms with Crippen molar-refractivity contribution < 1.29 is 0 Å². The van der Waals surface area contributed by atoms with Crippen LogP contribution in [0.2, 0.25) is 6.55 Å². The van der Waals surface area contributed by atoms with Gasteiger partial charge in [-0.1, -0.05) is 92.0 Å². The lowest BCUT2D eigenvalue weighted by Crippen LogP contribution is -2.64. The van der Waals surface area contributed by atoms with Gasteiger partial charge in [-0.25, -0.2) is 0 Å². The van der Waals surface area contributed by atoms with Crippen LogP contribution in [0.15, 0.2) is 75.7 Å². The van der Waals surface area contributed by atoms with Crippen LogP contribution in [0, 0.1) is 13.8 Å². The Morgan fingerprint density at radius 2 is 1.08 bits per heavy atom. The zero-order valence-corrected chi connectivity index (χ0v) is 18.3. The lowest BCUT2D eigenvalue weighted by atomic mass is 10.2. The molecule has 0 saturated heterocycles. The van der Waals surface area contributed by atoms with E-state index in [1.54, 1.807) is 0 Å². The van der Waals surface area contributed by atoms with Gasteiger partial charge in [0.15, 0.2) is 0 Å². The molecule has 0 aliphatic heterocycles. The predicted octanol–water partition coefficient (Wildman–Crippen LogP) is 4.93. The molecule has 3 aromatic rings. The molecule has 122 valence electrons. The van der Waals surface area contributed by atoms with Crippen molar-refractivity contribution in [2.24, 2.45) is 0 Å². The first-order valence-electron chi connectivity index (χ1n) is 8.00. The maximum atomic E-state index is 3.69. The Morgan fingerprint density at radius 3 is 1.50 bits per heavy atom. The molecule has 24 heavy (non-hydrogen) atoms. The highest BCUT2D eigenvalue weighted by Gasteiger charge is 2.34. The number of rotatable bonds is 3. The third-order valence-electron chi connectivity index (χ3n) is 4.59. The Kier molecular flexibility index (Phi) is 5.14. The average molecular weight is 460 g/mol. The van der Waals surface area contributed by atoms with Crippen molar-refractivity contribution in [1.82, 2.24) is 0 Å². The molecule has 0 bridgehead atoms. The minimum absolute atomic E-state index is 1.15. The Hall–Kier alpha value is -1.16. The smallest absolute Gasteiger partial charge is 0.0624 e. The molecule has 0 atom stereocenters. The van der Waals surface area contributed by atoms with Crippen molar-refractivity contribution in [3.8, 4) is 0 Å². The number of hydrogen-bond donors (Lipinski definition) is 0.